The lowest BCUT2D eigenvalue weighted by molar-refractivity contribution is -0.172. The molecule has 0 amide bonds. The van der Waals surface area contributed by atoms with Crippen molar-refractivity contribution in [1.29, 1.82) is 0 Å². The van der Waals surface area contributed by atoms with Gasteiger partial charge in [0.2, 0.25) is 0 Å². The van der Waals surface area contributed by atoms with Crippen molar-refractivity contribution in [2.75, 3.05) is 33.4 Å². The minimum atomic E-state index is -4.25. The molecule has 4 atom stereocenters. The van der Waals surface area contributed by atoms with E-state index in [-0.39, 0.29) is 50.8 Å². The molecular formula is C15H24F3NO5. The van der Waals surface area contributed by atoms with Gasteiger partial charge in [0.15, 0.2) is 0 Å². The van der Waals surface area contributed by atoms with Gasteiger partial charge in [-0.2, -0.15) is 13.2 Å². The average molecular weight is 355 g/mol. The second-order valence-corrected chi connectivity index (χ2v) is 6.27. The second kappa shape index (κ2) is 8.46. The summed E-state index contributed by atoms with van der Waals surface area (Å²) < 4.78 is 53.6. The smallest absolute Gasteiger partial charge is 0.390 e. The quantitative estimate of drug-likeness (QED) is 0.762. The van der Waals surface area contributed by atoms with Gasteiger partial charge in [-0.15, -0.1) is 0 Å². The van der Waals surface area contributed by atoms with E-state index in [2.05, 4.69) is 4.74 Å². The SMILES string of the molecule is COC(=O)C[C@@H]1CC[C@H]2[C@@H](COC[C@@H](O)CN2CCC(F)(F)F)O1. The summed E-state index contributed by atoms with van der Waals surface area (Å²) in [6, 6.07) is -0.267. The highest BCUT2D eigenvalue weighted by atomic mass is 19.4. The third-order valence-corrected chi connectivity index (χ3v) is 4.39. The Labute approximate surface area is 138 Å². The number of β-amino-alcohol motifs (C(OH)–C–C–N with tert-alkyl or cyclic N) is 1. The molecule has 2 rings (SSSR count). The maximum Gasteiger partial charge on any atom is 0.390 e. The molecule has 9 heteroatoms. The van der Waals surface area contributed by atoms with Crippen LogP contribution in [0.15, 0.2) is 0 Å². The highest BCUT2D eigenvalue weighted by molar-refractivity contribution is 5.69. The number of methoxy groups -OCH3 is 1. The Morgan fingerprint density at radius 2 is 2.08 bits per heavy atom. The molecule has 2 fully saturated rings. The fourth-order valence-electron chi connectivity index (χ4n) is 3.24. The highest BCUT2D eigenvalue weighted by Crippen LogP contribution is 2.29. The van der Waals surface area contributed by atoms with Gasteiger partial charge in [-0.1, -0.05) is 0 Å². The lowest BCUT2D eigenvalue weighted by Gasteiger charge is -2.44. The summed E-state index contributed by atoms with van der Waals surface area (Å²) in [6.07, 6.45) is -5.50. The summed E-state index contributed by atoms with van der Waals surface area (Å²) >= 11 is 0. The number of nitrogens with zero attached hydrogens (tertiary/aromatic N) is 1. The summed E-state index contributed by atoms with van der Waals surface area (Å²) in [5, 5.41) is 9.86. The maximum atomic E-state index is 12.6. The van der Waals surface area contributed by atoms with E-state index in [9.17, 15) is 23.1 Å². The molecule has 6 nitrogen and oxygen atoms in total. The molecule has 2 saturated heterocycles. The van der Waals surface area contributed by atoms with Gasteiger partial charge in [0, 0.05) is 19.1 Å². The molecule has 2 aliphatic heterocycles. The number of aliphatic hydroxyl groups excluding tert-OH is 1. The van der Waals surface area contributed by atoms with Crippen molar-refractivity contribution in [1.82, 2.24) is 4.90 Å². The van der Waals surface area contributed by atoms with Crippen molar-refractivity contribution >= 4 is 5.97 Å². The first kappa shape index (κ1) is 19.4. The molecule has 0 spiro atoms. The van der Waals surface area contributed by atoms with E-state index in [1.165, 1.54) is 7.11 Å². The van der Waals surface area contributed by atoms with Gasteiger partial charge in [0.05, 0.1) is 51.5 Å². The van der Waals surface area contributed by atoms with Gasteiger partial charge in [0.25, 0.3) is 0 Å². The van der Waals surface area contributed by atoms with Crippen LogP contribution in [0.1, 0.15) is 25.7 Å². The van der Waals surface area contributed by atoms with E-state index in [1.807, 2.05) is 0 Å². The van der Waals surface area contributed by atoms with Gasteiger partial charge in [-0.05, 0) is 12.8 Å². The maximum absolute atomic E-state index is 12.6. The Morgan fingerprint density at radius 1 is 1.33 bits per heavy atom. The fraction of sp³-hybridized carbons (Fsp3) is 0.933. The number of esters is 1. The van der Waals surface area contributed by atoms with Crippen LogP contribution in [-0.4, -0.2) is 79.9 Å². The molecule has 0 bridgehead atoms. The summed E-state index contributed by atoms with van der Waals surface area (Å²) in [5.74, 6) is -0.380. The second-order valence-electron chi connectivity index (χ2n) is 6.27. The van der Waals surface area contributed by atoms with E-state index < -0.39 is 24.8 Å². The van der Waals surface area contributed by atoms with Crippen molar-refractivity contribution in [2.45, 2.75) is 56.2 Å². The zero-order valence-electron chi connectivity index (χ0n) is 13.6. The first-order chi connectivity index (χ1) is 11.3. The van der Waals surface area contributed by atoms with Gasteiger partial charge in [-0.25, -0.2) is 0 Å². The van der Waals surface area contributed by atoms with Crippen LogP contribution >= 0.6 is 0 Å². The molecule has 0 radical (unpaired) electrons. The Morgan fingerprint density at radius 3 is 2.75 bits per heavy atom. The molecule has 2 aliphatic rings. The van der Waals surface area contributed by atoms with E-state index in [0.717, 1.165) is 0 Å². The number of fused-ring (bicyclic) bond motifs is 1. The van der Waals surface area contributed by atoms with Gasteiger partial charge < -0.3 is 19.3 Å². The van der Waals surface area contributed by atoms with Crippen LogP contribution in [0.5, 0.6) is 0 Å². The number of ether oxygens (including phenoxy) is 3. The first-order valence-electron chi connectivity index (χ1n) is 8.07. The highest BCUT2D eigenvalue weighted by Gasteiger charge is 2.39. The number of alkyl halides is 3. The Hall–Kier alpha value is -0.900. The molecule has 0 aromatic rings. The van der Waals surface area contributed by atoms with Crippen LogP contribution in [0.2, 0.25) is 0 Å². The summed E-state index contributed by atoms with van der Waals surface area (Å²) in [5.41, 5.74) is 0. The van der Waals surface area contributed by atoms with Crippen LogP contribution in [0.4, 0.5) is 13.2 Å². The predicted molar refractivity (Wildman–Crippen MR) is 77.4 cm³/mol. The van der Waals surface area contributed by atoms with E-state index in [1.54, 1.807) is 4.90 Å². The van der Waals surface area contributed by atoms with Crippen molar-refractivity contribution in [3.63, 3.8) is 0 Å². The number of carbonyl (C=O) groups excluding carboxylic acids is 1. The van der Waals surface area contributed by atoms with E-state index in [0.29, 0.717) is 12.8 Å². The molecule has 2 heterocycles. The fourth-order valence-corrected chi connectivity index (χ4v) is 3.24. The van der Waals surface area contributed by atoms with Crippen molar-refractivity contribution in [3.8, 4) is 0 Å². The molecule has 0 saturated carbocycles. The Balaban J connectivity index is 2.01. The normalized spacial score (nSPS) is 32.5. The monoisotopic (exact) mass is 355 g/mol. The minimum absolute atomic E-state index is 0.0523. The molecule has 140 valence electrons. The number of hydrogen-bond donors (Lipinski definition) is 1. The minimum Gasteiger partial charge on any atom is -0.469 e. The topological polar surface area (TPSA) is 68.2 Å². The van der Waals surface area contributed by atoms with E-state index >= 15 is 0 Å². The van der Waals surface area contributed by atoms with Crippen LogP contribution in [0.25, 0.3) is 0 Å². The molecule has 0 unspecified atom stereocenters. The van der Waals surface area contributed by atoms with Crippen LogP contribution in [0, 0.1) is 0 Å². The van der Waals surface area contributed by atoms with E-state index in [4.69, 9.17) is 9.47 Å². The number of aliphatic hydroxyl groups is 1. The van der Waals surface area contributed by atoms with Crippen molar-refractivity contribution in [2.24, 2.45) is 0 Å². The number of rotatable bonds is 4. The lowest BCUT2D eigenvalue weighted by Crippen LogP contribution is -2.56. The summed E-state index contributed by atoms with van der Waals surface area (Å²) in [6.45, 7) is 0.160. The Kier molecular flexibility index (Phi) is 6.85. The van der Waals surface area contributed by atoms with Crippen molar-refractivity contribution < 1.29 is 37.3 Å². The summed E-state index contributed by atoms with van der Waals surface area (Å²) in [7, 11) is 1.30. The molecule has 0 aromatic heterocycles. The molecule has 0 aromatic carbocycles. The van der Waals surface area contributed by atoms with Gasteiger partial charge in [-0.3, -0.25) is 9.69 Å². The van der Waals surface area contributed by atoms with Gasteiger partial charge >= 0.3 is 12.1 Å². The van der Waals surface area contributed by atoms with Crippen LogP contribution in [-0.2, 0) is 19.0 Å². The zero-order chi connectivity index (χ0) is 17.7. The van der Waals surface area contributed by atoms with Crippen LogP contribution in [0.3, 0.4) is 0 Å². The van der Waals surface area contributed by atoms with Gasteiger partial charge in [0.1, 0.15) is 0 Å². The Bertz CT molecular complexity index is 420. The van der Waals surface area contributed by atoms with Crippen molar-refractivity contribution in [3.05, 3.63) is 0 Å². The molecule has 0 aliphatic carbocycles. The standard InChI is InChI=1S/C15H24F3NO5/c1-22-14(21)6-11-2-3-12-13(24-11)9-23-8-10(20)7-19(12)5-4-15(16,17)18/h10-13,20H,2-9H2,1H3/t10-,11-,12-,13+/m0/s1. The predicted octanol–water partition coefficient (Wildman–Crippen LogP) is 1.11. The van der Waals surface area contributed by atoms with Crippen LogP contribution < -0.4 is 0 Å². The largest absolute Gasteiger partial charge is 0.469 e. The number of hydrogen-bond acceptors (Lipinski definition) is 6. The molecule has 24 heavy (non-hydrogen) atoms. The first-order valence-corrected chi connectivity index (χ1v) is 8.07. The summed E-state index contributed by atoms with van der Waals surface area (Å²) in [4.78, 5) is 13.0. The molecule has 1 N–H and O–H groups in total. The zero-order valence-corrected chi connectivity index (χ0v) is 13.6. The molecular weight excluding hydrogens is 331 g/mol. The third kappa shape index (κ3) is 5.87. The third-order valence-electron chi connectivity index (χ3n) is 4.39. The number of carbonyl (C=O) groups is 1. The average Bonchev–Trinajstić information content (AvgIpc) is 2.49. The lowest BCUT2D eigenvalue weighted by atomic mass is 9.94. The number of halogens is 3.